The summed E-state index contributed by atoms with van der Waals surface area (Å²) in [6.07, 6.45) is 12.3. The molecule has 0 radical (unpaired) electrons. The molecule has 7 nitrogen and oxygen atoms in total. The molecule has 1 amide bonds. The fourth-order valence-electron chi connectivity index (χ4n) is 6.58. The summed E-state index contributed by atoms with van der Waals surface area (Å²) in [5, 5.41) is 0. The number of pyridine rings is 1. The molecule has 33 heavy (non-hydrogen) atoms. The number of amides is 1. The molecule has 6 rings (SSSR count). The Morgan fingerprint density at radius 1 is 1.03 bits per heavy atom. The Morgan fingerprint density at radius 3 is 2.58 bits per heavy atom. The number of nitrogens with one attached hydrogen (secondary N) is 1. The lowest BCUT2D eigenvalue weighted by molar-refractivity contribution is -0.137. The minimum atomic E-state index is -0.0949. The number of piperidine rings is 1. The number of fused-ring (bicyclic) bond motifs is 2. The van der Waals surface area contributed by atoms with E-state index in [0.717, 1.165) is 50.2 Å². The van der Waals surface area contributed by atoms with Crippen molar-refractivity contribution in [3.05, 3.63) is 57.5 Å². The fraction of sp³-hybridized carbons (Fsp3) is 0.615. The Morgan fingerprint density at radius 2 is 1.79 bits per heavy atom. The molecule has 0 unspecified atom stereocenters. The van der Waals surface area contributed by atoms with Gasteiger partial charge in [-0.3, -0.25) is 19.5 Å². The van der Waals surface area contributed by atoms with Gasteiger partial charge in [0.2, 0.25) is 5.91 Å². The zero-order chi connectivity index (χ0) is 22.4. The molecule has 3 fully saturated rings. The van der Waals surface area contributed by atoms with Gasteiger partial charge in [-0.15, -0.1) is 0 Å². The molecule has 1 N–H and O–H groups in total. The van der Waals surface area contributed by atoms with E-state index in [4.69, 9.17) is 4.98 Å². The highest BCUT2D eigenvalue weighted by molar-refractivity contribution is 5.83. The van der Waals surface area contributed by atoms with E-state index >= 15 is 0 Å². The van der Waals surface area contributed by atoms with Gasteiger partial charge in [0.25, 0.3) is 5.56 Å². The van der Waals surface area contributed by atoms with Crippen LogP contribution in [0.5, 0.6) is 0 Å². The minimum absolute atomic E-state index is 0.0170. The molecule has 7 heteroatoms. The van der Waals surface area contributed by atoms with Crippen LogP contribution in [0.1, 0.15) is 73.6 Å². The van der Waals surface area contributed by atoms with Crippen LogP contribution < -0.4 is 5.56 Å². The van der Waals surface area contributed by atoms with Crippen molar-refractivity contribution < 1.29 is 4.79 Å². The molecular formula is C26H33N5O2. The van der Waals surface area contributed by atoms with Crippen LogP contribution in [-0.4, -0.2) is 43.7 Å². The Bertz CT molecular complexity index is 1070. The van der Waals surface area contributed by atoms with E-state index in [-0.39, 0.29) is 17.5 Å². The van der Waals surface area contributed by atoms with E-state index in [9.17, 15) is 9.59 Å². The predicted molar refractivity (Wildman–Crippen MR) is 124 cm³/mol. The average molecular weight is 448 g/mol. The van der Waals surface area contributed by atoms with E-state index < -0.39 is 0 Å². The molecule has 2 aliphatic heterocycles. The SMILES string of the molecule is O=C(C1[C@H]2CCCC[C@H]12)N1CCCC[C@H]1c1nc2c(c(=O)[nH]1)CCN(Cc1ccncc1)C2. The number of aromatic nitrogens is 3. The van der Waals surface area contributed by atoms with Gasteiger partial charge >= 0.3 is 0 Å². The number of H-pyrrole nitrogens is 1. The second kappa shape index (κ2) is 8.67. The van der Waals surface area contributed by atoms with Crippen LogP contribution in [-0.2, 0) is 24.3 Å². The Kier molecular flexibility index (Phi) is 5.52. The summed E-state index contributed by atoms with van der Waals surface area (Å²) in [4.78, 5) is 43.1. The highest BCUT2D eigenvalue weighted by Crippen LogP contribution is 2.56. The summed E-state index contributed by atoms with van der Waals surface area (Å²) >= 11 is 0. The molecule has 2 aromatic heterocycles. The van der Waals surface area contributed by atoms with Gasteiger partial charge in [-0.2, -0.15) is 0 Å². The Hall–Kier alpha value is -2.54. The quantitative estimate of drug-likeness (QED) is 0.778. The highest BCUT2D eigenvalue weighted by atomic mass is 16.2. The number of aromatic amines is 1. The van der Waals surface area contributed by atoms with Crippen molar-refractivity contribution in [3.8, 4) is 0 Å². The van der Waals surface area contributed by atoms with E-state index in [0.29, 0.717) is 36.5 Å². The molecule has 1 saturated heterocycles. The van der Waals surface area contributed by atoms with Crippen molar-refractivity contribution >= 4 is 5.91 Å². The largest absolute Gasteiger partial charge is 0.332 e. The standard InChI is InChI=1S/C26H33N5O2/c32-25-20-10-14-30(15-17-8-11-27-12-9-17)16-21(20)28-24(29-25)22-7-3-4-13-31(22)26(33)23-18-5-1-2-6-19(18)23/h8-9,11-12,18-19,22-23H,1-7,10,13-16H2,(H,28,29,32)/t18-,19-,22-/m0/s1. The summed E-state index contributed by atoms with van der Waals surface area (Å²) in [6, 6.07) is 3.97. The van der Waals surface area contributed by atoms with Crippen molar-refractivity contribution in [2.24, 2.45) is 17.8 Å². The molecule has 0 aromatic carbocycles. The Labute approximate surface area is 194 Å². The van der Waals surface area contributed by atoms with Gasteiger partial charge in [0.1, 0.15) is 5.82 Å². The zero-order valence-electron chi connectivity index (χ0n) is 19.2. The molecule has 2 saturated carbocycles. The lowest BCUT2D eigenvalue weighted by Gasteiger charge is -2.36. The van der Waals surface area contributed by atoms with Gasteiger partial charge in [0.05, 0.1) is 11.7 Å². The first kappa shape index (κ1) is 21.0. The molecule has 3 atom stereocenters. The third kappa shape index (κ3) is 4.01. The number of hydrogen-bond donors (Lipinski definition) is 1. The normalized spacial score (nSPS) is 29.3. The second-order valence-electron chi connectivity index (χ2n) is 10.4. The predicted octanol–water partition coefficient (Wildman–Crippen LogP) is 3.21. The molecule has 0 spiro atoms. The maximum atomic E-state index is 13.5. The van der Waals surface area contributed by atoms with E-state index in [1.807, 2.05) is 24.5 Å². The monoisotopic (exact) mass is 447 g/mol. The summed E-state index contributed by atoms with van der Waals surface area (Å²) in [6.45, 7) is 3.12. The molecule has 4 heterocycles. The van der Waals surface area contributed by atoms with Gasteiger partial charge in [0.15, 0.2) is 0 Å². The third-order valence-electron chi connectivity index (χ3n) is 8.37. The lowest BCUT2D eigenvalue weighted by Crippen LogP contribution is -2.42. The molecular weight excluding hydrogens is 414 g/mol. The van der Waals surface area contributed by atoms with Crippen LogP contribution in [0.25, 0.3) is 0 Å². The topological polar surface area (TPSA) is 82.2 Å². The average Bonchev–Trinajstić information content (AvgIpc) is 3.58. The highest BCUT2D eigenvalue weighted by Gasteiger charge is 2.56. The fourth-order valence-corrected chi connectivity index (χ4v) is 6.58. The van der Waals surface area contributed by atoms with Crippen LogP contribution in [0.2, 0.25) is 0 Å². The lowest BCUT2D eigenvalue weighted by atomic mass is 9.99. The summed E-state index contributed by atoms with van der Waals surface area (Å²) in [5.41, 5.74) is 2.89. The number of likely N-dealkylation sites (tertiary alicyclic amines) is 1. The number of hydrogen-bond acceptors (Lipinski definition) is 5. The summed E-state index contributed by atoms with van der Waals surface area (Å²) in [5.74, 6) is 2.43. The van der Waals surface area contributed by atoms with Crippen LogP contribution >= 0.6 is 0 Å². The first-order valence-electron chi connectivity index (χ1n) is 12.7. The van der Waals surface area contributed by atoms with Crippen molar-refractivity contribution in [1.29, 1.82) is 0 Å². The minimum Gasteiger partial charge on any atom is -0.332 e. The van der Waals surface area contributed by atoms with Gasteiger partial charge in [0, 0.05) is 50.1 Å². The van der Waals surface area contributed by atoms with Gasteiger partial charge in [-0.25, -0.2) is 4.98 Å². The number of nitrogens with zero attached hydrogens (tertiary/aromatic N) is 4. The third-order valence-corrected chi connectivity index (χ3v) is 8.37. The zero-order valence-corrected chi connectivity index (χ0v) is 19.2. The van der Waals surface area contributed by atoms with E-state index in [2.05, 4.69) is 19.8 Å². The first-order chi connectivity index (χ1) is 16.2. The number of rotatable bonds is 4. The van der Waals surface area contributed by atoms with Crippen molar-refractivity contribution in [3.63, 3.8) is 0 Å². The van der Waals surface area contributed by atoms with E-state index in [1.54, 1.807) is 0 Å². The van der Waals surface area contributed by atoms with Crippen molar-refractivity contribution in [2.75, 3.05) is 13.1 Å². The first-order valence-corrected chi connectivity index (χ1v) is 12.7. The van der Waals surface area contributed by atoms with Gasteiger partial charge in [-0.05, 0) is 68.1 Å². The summed E-state index contributed by atoms with van der Waals surface area (Å²) < 4.78 is 0. The molecule has 0 bridgehead atoms. The maximum absolute atomic E-state index is 13.5. The van der Waals surface area contributed by atoms with Crippen LogP contribution in [0.3, 0.4) is 0 Å². The number of carbonyl (C=O) groups excluding carboxylic acids is 1. The second-order valence-corrected chi connectivity index (χ2v) is 10.4. The molecule has 174 valence electrons. The molecule has 2 aliphatic carbocycles. The Balaban J connectivity index is 1.23. The van der Waals surface area contributed by atoms with Crippen molar-refractivity contribution in [2.45, 2.75) is 70.5 Å². The maximum Gasteiger partial charge on any atom is 0.254 e. The van der Waals surface area contributed by atoms with Gasteiger partial charge < -0.3 is 9.88 Å². The van der Waals surface area contributed by atoms with Crippen LogP contribution in [0.4, 0.5) is 0 Å². The smallest absolute Gasteiger partial charge is 0.254 e. The molecule has 2 aromatic rings. The van der Waals surface area contributed by atoms with Gasteiger partial charge in [-0.1, -0.05) is 12.8 Å². The van der Waals surface area contributed by atoms with Crippen LogP contribution in [0.15, 0.2) is 29.3 Å². The number of carbonyl (C=O) groups is 1. The summed E-state index contributed by atoms with van der Waals surface area (Å²) in [7, 11) is 0. The molecule has 4 aliphatic rings. The van der Waals surface area contributed by atoms with Crippen LogP contribution in [0, 0.1) is 17.8 Å². The van der Waals surface area contributed by atoms with E-state index in [1.165, 1.54) is 31.2 Å². The van der Waals surface area contributed by atoms with Crippen molar-refractivity contribution in [1.82, 2.24) is 24.8 Å².